The number of nitrogens with two attached hydrogens (primary N) is 1. The van der Waals surface area contributed by atoms with E-state index >= 15 is 0 Å². The predicted molar refractivity (Wildman–Crippen MR) is 217 cm³/mol. The third-order valence-corrected chi connectivity index (χ3v) is 15.7. The molecule has 0 radical (unpaired) electrons. The first-order chi connectivity index (χ1) is 26.6. The molecule has 0 aromatic heterocycles. The summed E-state index contributed by atoms with van der Waals surface area (Å²) in [5, 5.41) is 53.1. The van der Waals surface area contributed by atoms with Gasteiger partial charge in [-0.1, -0.05) is 54.6 Å². The number of rotatable bonds is 9. The van der Waals surface area contributed by atoms with Crippen molar-refractivity contribution in [3.8, 4) is 5.75 Å². The second-order valence-electron chi connectivity index (χ2n) is 15.0. The molecule has 7 N–H and O–H groups in total. The monoisotopic (exact) mass is 775 g/mol. The van der Waals surface area contributed by atoms with Crippen molar-refractivity contribution in [2.24, 2.45) is 17.6 Å². The van der Waals surface area contributed by atoms with Crippen LogP contribution in [0.25, 0.3) is 5.76 Å². The van der Waals surface area contributed by atoms with Crippen molar-refractivity contribution in [2.45, 2.75) is 24.5 Å². The molecule has 4 atom stereocenters. The molecular formula is C43H44N4O8P+. The first kappa shape index (κ1) is 38.5. The highest BCUT2D eigenvalue weighted by atomic mass is 31.2. The third kappa shape index (κ3) is 5.87. The van der Waals surface area contributed by atoms with E-state index in [2.05, 4.69) is 5.32 Å². The summed E-state index contributed by atoms with van der Waals surface area (Å²) in [5.41, 5.74) is 2.45. The fourth-order valence-corrected chi connectivity index (χ4v) is 13.0. The molecule has 4 aromatic rings. The van der Waals surface area contributed by atoms with Crippen LogP contribution < -0.4 is 31.9 Å². The lowest BCUT2D eigenvalue weighted by Crippen LogP contribution is -2.65. The first-order valence-corrected chi connectivity index (χ1v) is 20.2. The molecule has 3 aliphatic rings. The van der Waals surface area contributed by atoms with Gasteiger partial charge in [0.2, 0.25) is 5.78 Å². The Labute approximate surface area is 324 Å². The number of benzene rings is 4. The molecule has 0 bridgehead atoms. The smallest absolute Gasteiger partial charge is 0.263 e. The number of carbonyl (C=O) groups excluding carboxylic acids is 4. The summed E-state index contributed by atoms with van der Waals surface area (Å²) in [4.78, 5) is 58.0. The zero-order valence-corrected chi connectivity index (χ0v) is 32.3. The van der Waals surface area contributed by atoms with E-state index in [1.165, 1.54) is 4.90 Å². The van der Waals surface area contributed by atoms with Gasteiger partial charge in [-0.15, -0.1) is 0 Å². The van der Waals surface area contributed by atoms with Crippen LogP contribution in [0, 0.1) is 11.8 Å². The lowest BCUT2D eigenvalue weighted by Gasteiger charge is -2.50. The lowest BCUT2D eigenvalue weighted by molar-refractivity contribution is -0.153. The zero-order valence-electron chi connectivity index (χ0n) is 31.4. The van der Waals surface area contributed by atoms with Gasteiger partial charge in [0, 0.05) is 31.3 Å². The number of fused-ring (bicyclic) bond motifs is 3. The second-order valence-corrected chi connectivity index (χ2v) is 18.5. The topological polar surface area (TPSA) is 194 Å². The molecule has 4 aromatic carbocycles. The van der Waals surface area contributed by atoms with Crippen LogP contribution in [0.2, 0.25) is 0 Å². The number of ketones is 2. The minimum atomic E-state index is -2.77. The molecule has 0 unspecified atom stereocenters. The van der Waals surface area contributed by atoms with Crippen molar-refractivity contribution in [3.05, 3.63) is 125 Å². The molecule has 0 saturated heterocycles. The van der Waals surface area contributed by atoms with Crippen LogP contribution in [0.4, 0.5) is 11.4 Å². The Bertz CT molecular complexity index is 2230. The molecule has 12 nitrogen and oxygen atoms in total. The van der Waals surface area contributed by atoms with E-state index < -0.39 is 77.0 Å². The van der Waals surface area contributed by atoms with Gasteiger partial charge in [0.1, 0.15) is 46.0 Å². The fourth-order valence-electron chi connectivity index (χ4n) is 8.96. The molecule has 13 heteroatoms. The first-order valence-electron chi connectivity index (χ1n) is 18.2. The molecular weight excluding hydrogens is 731 g/mol. The normalized spacial score (nSPS) is 22.0. The van der Waals surface area contributed by atoms with Gasteiger partial charge in [-0.3, -0.25) is 24.1 Å². The van der Waals surface area contributed by atoms with Gasteiger partial charge in [-0.05, 0) is 80.9 Å². The number of likely N-dealkylation sites (N-methyl/N-ethyl adjacent to an activating group) is 1. The van der Waals surface area contributed by atoms with Crippen LogP contribution in [-0.4, -0.2) is 94.7 Å². The van der Waals surface area contributed by atoms with E-state index in [0.29, 0.717) is 11.3 Å². The molecule has 0 heterocycles. The Hall–Kier alpha value is -5.81. The van der Waals surface area contributed by atoms with Crippen LogP contribution in [0.1, 0.15) is 17.5 Å². The van der Waals surface area contributed by atoms with Gasteiger partial charge >= 0.3 is 0 Å². The summed E-state index contributed by atoms with van der Waals surface area (Å²) in [6.45, 7) is 0. The number of nitrogens with zero attached hydrogens (tertiary/aromatic N) is 2. The molecule has 0 aliphatic heterocycles. The fraction of sp³-hybridized carbons (Fsp3) is 0.256. The van der Waals surface area contributed by atoms with Crippen molar-refractivity contribution < 1.29 is 39.6 Å². The summed E-state index contributed by atoms with van der Waals surface area (Å²) in [6.07, 6.45) is 0.0944. The van der Waals surface area contributed by atoms with Crippen molar-refractivity contribution in [2.75, 3.05) is 44.6 Å². The number of anilines is 2. The van der Waals surface area contributed by atoms with Gasteiger partial charge < -0.3 is 36.4 Å². The molecule has 0 spiro atoms. The maximum Gasteiger partial charge on any atom is 0.263 e. The molecule has 2 amide bonds. The van der Waals surface area contributed by atoms with Crippen molar-refractivity contribution >= 4 is 63.7 Å². The van der Waals surface area contributed by atoms with Crippen LogP contribution >= 0.6 is 7.26 Å². The Morgan fingerprint density at radius 1 is 0.857 bits per heavy atom. The molecule has 56 heavy (non-hydrogen) atoms. The summed E-state index contributed by atoms with van der Waals surface area (Å²) in [6, 6.07) is 30.0. The van der Waals surface area contributed by atoms with Crippen LogP contribution in [0.5, 0.6) is 5.75 Å². The minimum Gasteiger partial charge on any atom is -0.508 e. The summed E-state index contributed by atoms with van der Waals surface area (Å²) < 4.78 is 0. The predicted octanol–water partition coefficient (Wildman–Crippen LogP) is 2.96. The number of amides is 2. The standard InChI is InChI=1S/C43H43N4O8P/c1-46(2)31-22-30(45-32(48)23-56(25-14-8-5-9-15-25,26-16-10-6-11-17-26)27-18-12-7-13-19-27)37(49)34-28(31)20-24-21-29-36(47(3)4)39(51)35(42(44)54)41(53)43(29,55)40(52)33(24)38(34)50/h5-19,22,24,29,36,55H,20-21,23H2,1-4H3,(H5-,44,45,48,49,50,51,52,53,54)/p+1/t24-,29-,36-,43-/m0/s1. The van der Waals surface area contributed by atoms with Crippen LogP contribution in [-0.2, 0) is 25.6 Å². The quantitative estimate of drug-likeness (QED) is 0.0837. The molecule has 1 fully saturated rings. The Morgan fingerprint density at radius 2 is 1.38 bits per heavy atom. The number of carbonyl (C=O) groups is 4. The average molecular weight is 776 g/mol. The van der Waals surface area contributed by atoms with Crippen LogP contribution in [0.3, 0.4) is 0 Å². The summed E-state index contributed by atoms with van der Waals surface area (Å²) >= 11 is 0. The largest absolute Gasteiger partial charge is 0.508 e. The number of phenols is 1. The molecule has 288 valence electrons. The SMILES string of the molecule is CN(C)c1cc(NC(=O)C[P+](c2ccccc2)(c2ccccc2)c2ccccc2)c(O)c2c1C[C@H]1C[C@H]3[C@H](N(C)C)C(=O)C(C(N)=O)=C(O)[C@@]3(O)C(=O)C1=C2O. The number of Topliss-reactive ketones (excluding diaryl/α,β-unsaturated/α-hetero) is 2. The Balaban J connectivity index is 1.34. The van der Waals surface area contributed by atoms with Gasteiger partial charge in [0.15, 0.2) is 17.5 Å². The maximum absolute atomic E-state index is 14.5. The zero-order chi connectivity index (χ0) is 40.3. The van der Waals surface area contributed by atoms with E-state index in [1.54, 1.807) is 39.2 Å². The number of phenolic OH excluding ortho intramolecular Hbond substituents is 1. The van der Waals surface area contributed by atoms with Crippen LogP contribution in [0.15, 0.2) is 114 Å². The highest BCUT2D eigenvalue weighted by Gasteiger charge is 2.64. The van der Waals surface area contributed by atoms with E-state index in [1.807, 2.05) is 91.0 Å². The average Bonchev–Trinajstić information content (AvgIpc) is 3.17. The molecule has 3 aliphatic carbocycles. The van der Waals surface area contributed by atoms with Crippen molar-refractivity contribution in [3.63, 3.8) is 0 Å². The second kappa shape index (κ2) is 14.4. The Kier molecular flexibility index (Phi) is 9.86. The number of primary amides is 1. The van der Waals surface area contributed by atoms with Crippen molar-refractivity contribution in [1.29, 1.82) is 0 Å². The van der Waals surface area contributed by atoms with E-state index in [0.717, 1.165) is 15.9 Å². The molecule has 7 rings (SSSR count). The summed E-state index contributed by atoms with van der Waals surface area (Å²) in [5.74, 6) is -7.87. The van der Waals surface area contributed by atoms with Crippen molar-refractivity contribution in [1.82, 2.24) is 4.90 Å². The van der Waals surface area contributed by atoms with E-state index in [9.17, 15) is 39.6 Å². The molecule has 1 saturated carbocycles. The van der Waals surface area contributed by atoms with E-state index in [4.69, 9.17) is 5.73 Å². The van der Waals surface area contributed by atoms with Gasteiger partial charge in [-0.2, -0.15) is 0 Å². The van der Waals surface area contributed by atoms with E-state index in [-0.39, 0.29) is 35.8 Å². The highest BCUT2D eigenvalue weighted by Crippen LogP contribution is 2.57. The third-order valence-electron chi connectivity index (χ3n) is 11.4. The number of aromatic hydroxyl groups is 1. The number of hydrogen-bond donors (Lipinski definition) is 6. The maximum atomic E-state index is 14.5. The number of aliphatic hydroxyl groups excluding tert-OH is 2. The Morgan fingerprint density at radius 3 is 1.84 bits per heavy atom. The highest BCUT2D eigenvalue weighted by molar-refractivity contribution is 7.96. The summed E-state index contributed by atoms with van der Waals surface area (Å²) in [7, 11) is 4.01. The number of nitrogens with one attached hydrogen (secondary N) is 1. The lowest BCUT2D eigenvalue weighted by atomic mass is 9.57. The van der Waals surface area contributed by atoms with Gasteiger partial charge in [-0.25, -0.2) is 0 Å². The number of aliphatic hydroxyl groups is 3. The number of hydrogen-bond acceptors (Lipinski definition) is 10. The van der Waals surface area contributed by atoms with Gasteiger partial charge in [0.25, 0.3) is 11.8 Å². The van der Waals surface area contributed by atoms with Gasteiger partial charge in [0.05, 0.1) is 17.3 Å². The minimum absolute atomic E-state index is 0.00938.